The number of hydrogen-bond acceptors (Lipinski definition) is 7. The Hall–Kier alpha value is -2.96. The standard InChI is InChI=1S/C22H28N4O3/c1-15-9-11-20(27)19(24-15)12-23-28-13-22(3,4)14-29-26-18-7-5-6-17-10-8-16(2)25-21(17)18/h8-12,27H,5-7,13-14H2,1-4H3/b23-12+,26-18+. The maximum atomic E-state index is 9.77. The van der Waals surface area contributed by atoms with Crippen molar-refractivity contribution in [3.63, 3.8) is 0 Å². The van der Waals surface area contributed by atoms with E-state index in [0.29, 0.717) is 18.9 Å². The fourth-order valence-electron chi connectivity index (χ4n) is 2.98. The van der Waals surface area contributed by atoms with E-state index in [2.05, 4.69) is 26.3 Å². The van der Waals surface area contributed by atoms with Crippen LogP contribution in [0.15, 0.2) is 34.6 Å². The molecule has 0 bridgehead atoms. The first kappa shape index (κ1) is 20.8. The van der Waals surface area contributed by atoms with Gasteiger partial charge in [-0.25, -0.2) is 4.98 Å². The van der Waals surface area contributed by atoms with Gasteiger partial charge in [0.15, 0.2) is 0 Å². The van der Waals surface area contributed by atoms with Crippen LogP contribution in [0.4, 0.5) is 0 Å². The van der Waals surface area contributed by atoms with Gasteiger partial charge in [0, 0.05) is 16.8 Å². The van der Waals surface area contributed by atoms with Crippen LogP contribution in [0.2, 0.25) is 0 Å². The highest BCUT2D eigenvalue weighted by Gasteiger charge is 2.22. The van der Waals surface area contributed by atoms with Crippen LogP contribution in [0.1, 0.15) is 55.0 Å². The van der Waals surface area contributed by atoms with E-state index in [1.54, 1.807) is 12.1 Å². The second kappa shape index (κ2) is 9.03. The largest absolute Gasteiger partial charge is 0.506 e. The molecule has 0 aromatic carbocycles. The van der Waals surface area contributed by atoms with Gasteiger partial charge in [-0.05, 0) is 56.9 Å². The predicted molar refractivity (Wildman–Crippen MR) is 112 cm³/mol. The summed E-state index contributed by atoms with van der Waals surface area (Å²) < 4.78 is 0. The summed E-state index contributed by atoms with van der Waals surface area (Å²) in [7, 11) is 0. The third-order valence-corrected chi connectivity index (χ3v) is 4.63. The number of aromatic nitrogens is 2. The monoisotopic (exact) mass is 396 g/mol. The quantitative estimate of drug-likeness (QED) is 0.566. The zero-order valence-electron chi connectivity index (χ0n) is 17.5. The van der Waals surface area contributed by atoms with Crippen LogP contribution < -0.4 is 0 Å². The highest BCUT2D eigenvalue weighted by atomic mass is 16.6. The van der Waals surface area contributed by atoms with Crippen molar-refractivity contribution in [2.24, 2.45) is 15.7 Å². The number of oxime groups is 2. The summed E-state index contributed by atoms with van der Waals surface area (Å²) in [6.07, 6.45) is 4.37. The average Bonchev–Trinajstić information content (AvgIpc) is 2.68. The molecule has 2 aromatic heterocycles. The number of hydrogen-bond donors (Lipinski definition) is 1. The van der Waals surface area contributed by atoms with Gasteiger partial charge in [-0.15, -0.1) is 0 Å². The highest BCUT2D eigenvalue weighted by Crippen LogP contribution is 2.22. The lowest BCUT2D eigenvalue weighted by atomic mass is 9.94. The Labute approximate surface area is 171 Å². The molecule has 0 atom stereocenters. The van der Waals surface area contributed by atoms with Crippen molar-refractivity contribution in [3.05, 3.63) is 52.6 Å². The molecule has 0 fully saturated rings. The average molecular weight is 396 g/mol. The first-order chi connectivity index (χ1) is 13.8. The van der Waals surface area contributed by atoms with Crippen LogP contribution in [0.3, 0.4) is 0 Å². The molecular formula is C22H28N4O3. The Balaban J connectivity index is 1.53. The summed E-state index contributed by atoms with van der Waals surface area (Å²) in [5.74, 6) is 0.0676. The lowest BCUT2D eigenvalue weighted by Gasteiger charge is -2.22. The second-order valence-corrected chi connectivity index (χ2v) is 8.15. The molecule has 29 heavy (non-hydrogen) atoms. The summed E-state index contributed by atoms with van der Waals surface area (Å²) in [6.45, 7) is 8.60. The lowest BCUT2D eigenvalue weighted by molar-refractivity contribution is 0.000287. The van der Waals surface area contributed by atoms with Gasteiger partial charge in [-0.2, -0.15) is 0 Å². The molecular weight excluding hydrogens is 368 g/mol. The first-order valence-electron chi connectivity index (χ1n) is 9.82. The molecule has 3 rings (SSSR count). The molecule has 0 amide bonds. The van der Waals surface area contributed by atoms with Crippen molar-refractivity contribution in [2.75, 3.05) is 13.2 Å². The van der Waals surface area contributed by atoms with E-state index in [0.717, 1.165) is 42.1 Å². The van der Waals surface area contributed by atoms with Crippen molar-refractivity contribution < 1.29 is 14.8 Å². The van der Waals surface area contributed by atoms with Gasteiger partial charge in [0.25, 0.3) is 0 Å². The van der Waals surface area contributed by atoms with Crippen molar-refractivity contribution in [1.82, 2.24) is 9.97 Å². The zero-order chi connectivity index (χ0) is 20.9. The molecule has 0 spiro atoms. The summed E-state index contributed by atoms with van der Waals surface area (Å²) >= 11 is 0. The Bertz CT molecular complexity index is 922. The Kier molecular flexibility index (Phi) is 6.46. The van der Waals surface area contributed by atoms with Crippen LogP contribution in [0.25, 0.3) is 0 Å². The fourth-order valence-corrected chi connectivity index (χ4v) is 2.98. The third kappa shape index (κ3) is 5.76. The SMILES string of the molecule is Cc1ccc(O)c(/C=N/OCC(C)(C)CO/N=C2\CCCc3ccc(C)nc32)n1. The number of nitrogens with zero attached hydrogens (tertiary/aromatic N) is 4. The summed E-state index contributed by atoms with van der Waals surface area (Å²) in [5.41, 5.74) is 4.97. The van der Waals surface area contributed by atoms with E-state index in [4.69, 9.17) is 9.68 Å². The van der Waals surface area contributed by atoms with Gasteiger partial charge in [0.05, 0.1) is 11.9 Å². The van der Waals surface area contributed by atoms with Gasteiger partial charge in [0.2, 0.25) is 0 Å². The normalized spacial score (nSPS) is 15.5. The molecule has 2 heterocycles. The number of aryl methyl sites for hydroxylation is 3. The van der Waals surface area contributed by atoms with Crippen LogP contribution in [-0.2, 0) is 16.1 Å². The topological polar surface area (TPSA) is 89.2 Å². The number of rotatable bonds is 7. The van der Waals surface area contributed by atoms with Crippen LogP contribution in [-0.4, -0.2) is 40.2 Å². The number of fused-ring (bicyclic) bond motifs is 1. The smallest absolute Gasteiger partial charge is 0.142 e. The predicted octanol–water partition coefficient (Wildman–Crippen LogP) is 3.93. The molecule has 0 saturated heterocycles. The maximum absolute atomic E-state index is 9.77. The summed E-state index contributed by atoms with van der Waals surface area (Å²) in [4.78, 5) is 19.9. The molecule has 1 aliphatic carbocycles. The van der Waals surface area contributed by atoms with E-state index in [1.165, 1.54) is 11.8 Å². The van der Waals surface area contributed by atoms with Crippen LogP contribution >= 0.6 is 0 Å². The summed E-state index contributed by atoms with van der Waals surface area (Å²) in [6, 6.07) is 7.48. The summed E-state index contributed by atoms with van der Waals surface area (Å²) in [5, 5.41) is 18.1. The highest BCUT2D eigenvalue weighted by molar-refractivity contribution is 6.00. The van der Waals surface area contributed by atoms with E-state index in [-0.39, 0.29) is 11.2 Å². The van der Waals surface area contributed by atoms with Gasteiger partial charge < -0.3 is 14.8 Å². The first-order valence-corrected chi connectivity index (χ1v) is 9.82. The van der Waals surface area contributed by atoms with Crippen LogP contribution in [0, 0.1) is 19.3 Å². The molecule has 2 aromatic rings. The molecule has 0 radical (unpaired) electrons. The molecule has 7 nitrogen and oxygen atoms in total. The molecule has 1 aliphatic rings. The van der Waals surface area contributed by atoms with Crippen molar-refractivity contribution in [2.45, 2.75) is 47.0 Å². The van der Waals surface area contributed by atoms with Gasteiger partial charge in [-0.3, -0.25) is 4.98 Å². The molecule has 7 heteroatoms. The second-order valence-electron chi connectivity index (χ2n) is 8.15. The van der Waals surface area contributed by atoms with Crippen molar-refractivity contribution in [3.8, 4) is 5.75 Å². The molecule has 1 N–H and O–H groups in total. The minimum atomic E-state index is -0.291. The molecule has 0 saturated carbocycles. The van der Waals surface area contributed by atoms with E-state index < -0.39 is 0 Å². The maximum Gasteiger partial charge on any atom is 0.142 e. The van der Waals surface area contributed by atoms with E-state index >= 15 is 0 Å². The van der Waals surface area contributed by atoms with Gasteiger partial charge >= 0.3 is 0 Å². The molecule has 154 valence electrons. The fraction of sp³-hybridized carbons (Fsp3) is 0.455. The number of pyridine rings is 2. The third-order valence-electron chi connectivity index (χ3n) is 4.63. The van der Waals surface area contributed by atoms with Crippen LogP contribution in [0.5, 0.6) is 5.75 Å². The number of aromatic hydroxyl groups is 1. The zero-order valence-corrected chi connectivity index (χ0v) is 17.5. The Morgan fingerprint density at radius 3 is 2.59 bits per heavy atom. The molecule has 0 unspecified atom stereocenters. The lowest BCUT2D eigenvalue weighted by Crippen LogP contribution is -2.24. The Morgan fingerprint density at radius 1 is 1.03 bits per heavy atom. The van der Waals surface area contributed by atoms with E-state index in [9.17, 15) is 5.11 Å². The minimum absolute atomic E-state index is 0.0676. The minimum Gasteiger partial charge on any atom is -0.506 e. The van der Waals surface area contributed by atoms with Gasteiger partial charge in [-0.1, -0.05) is 30.2 Å². The molecule has 0 aliphatic heterocycles. The Morgan fingerprint density at radius 2 is 1.76 bits per heavy atom. The van der Waals surface area contributed by atoms with Crippen molar-refractivity contribution >= 4 is 11.9 Å². The van der Waals surface area contributed by atoms with E-state index in [1.807, 2.05) is 33.8 Å². The van der Waals surface area contributed by atoms with Crippen molar-refractivity contribution in [1.29, 1.82) is 0 Å². The van der Waals surface area contributed by atoms with Gasteiger partial charge in [0.1, 0.15) is 30.4 Å².